The molecule has 0 aliphatic heterocycles. The number of hydrogen-bond donors (Lipinski definition) is 2. The van der Waals surface area contributed by atoms with Gasteiger partial charge in [-0.15, -0.1) is 11.3 Å². The van der Waals surface area contributed by atoms with Gasteiger partial charge in [0, 0.05) is 16.6 Å². The lowest BCUT2D eigenvalue weighted by molar-refractivity contribution is 0.0697. The number of hydrogen-bond acceptors (Lipinski definition) is 4. The van der Waals surface area contributed by atoms with Crippen LogP contribution in [0.2, 0.25) is 0 Å². The van der Waals surface area contributed by atoms with Crippen LogP contribution < -0.4 is 5.32 Å². The second-order valence-electron chi connectivity index (χ2n) is 5.57. The van der Waals surface area contributed by atoms with Crippen molar-refractivity contribution in [1.29, 1.82) is 0 Å². The highest BCUT2D eigenvalue weighted by atomic mass is 32.1. The first-order valence-corrected chi connectivity index (χ1v) is 7.97. The van der Waals surface area contributed by atoms with Crippen LogP contribution in [0, 0.1) is 6.92 Å². The molecule has 22 heavy (non-hydrogen) atoms. The number of carbonyl (C=O) groups excluding carboxylic acids is 1. The first-order chi connectivity index (χ1) is 10.5. The van der Waals surface area contributed by atoms with Crippen LogP contribution in [0.25, 0.3) is 0 Å². The third kappa shape index (κ3) is 2.62. The molecule has 0 atom stereocenters. The Morgan fingerprint density at radius 2 is 2.05 bits per heavy atom. The number of aromatic nitrogens is 1. The average molecular weight is 316 g/mol. The first-order valence-electron chi connectivity index (χ1n) is 7.09. The molecule has 0 spiro atoms. The molecule has 1 aromatic heterocycles. The van der Waals surface area contributed by atoms with Gasteiger partial charge in [0.1, 0.15) is 5.01 Å². The molecule has 2 N–H and O–H groups in total. The summed E-state index contributed by atoms with van der Waals surface area (Å²) in [5, 5.41) is 15.0. The summed E-state index contributed by atoms with van der Waals surface area (Å²) in [4.78, 5) is 28.0. The van der Waals surface area contributed by atoms with E-state index in [0.29, 0.717) is 5.56 Å². The van der Waals surface area contributed by atoms with E-state index in [0.717, 1.165) is 30.0 Å². The summed E-state index contributed by atoms with van der Waals surface area (Å²) < 4.78 is 0. The van der Waals surface area contributed by atoms with Crippen molar-refractivity contribution in [1.82, 2.24) is 10.3 Å². The fourth-order valence-corrected chi connectivity index (χ4v) is 3.59. The standard InChI is InChI=1S/C16H16N2O3S/c1-10-9-22-15(17-10)16(6-3-7-16)18-13(19)11-4-2-5-12(8-11)14(20)21/h2,4-5,8-9H,3,6-7H2,1H3,(H,18,19)(H,20,21). The monoisotopic (exact) mass is 316 g/mol. The number of nitrogens with one attached hydrogen (secondary N) is 1. The number of benzene rings is 1. The van der Waals surface area contributed by atoms with E-state index in [1.807, 2.05) is 12.3 Å². The lowest BCUT2D eigenvalue weighted by atomic mass is 9.77. The molecule has 0 saturated heterocycles. The molecule has 1 fully saturated rings. The molecule has 114 valence electrons. The van der Waals surface area contributed by atoms with Crippen molar-refractivity contribution in [2.75, 3.05) is 0 Å². The zero-order valence-corrected chi connectivity index (χ0v) is 12.9. The third-order valence-corrected chi connectivity index (χ3v) is 5.12. The predicted molar refractivity (Wildman–Crippen MR) is 83.2 cm³/mol. The summed E-state index contributed by atoms with van der Waals surface area (Å²) >= 11 is 1.56. The van der Waals surface area contributed by atoms with Gasteiger partial charge < -0.3 is 10.4 Å². The molecule has 0 unspecified atom stereocenters. The van der Waals surface area contributed by atoms with Crippen LogP contribution in [0.3, 0.4) is 0 Å². The van der Waals surface area contributed by atoms with Crippen LogP contribution in [0.1, 0.15) is 50.7 Å². The Morgan fingerprint density at radius 1 is 1.32 bits per heavy atom. The van der Waals surface area contributed by atoms with E-state index in [2.05, 4.69) is 10.3 Å². The number of carbonyl (C=O) groups is 2. The number of aromatic carboxylic acids is 1. The molecule has 2 aromatic rings. The number of amides is 1. The predicted octanol–water partition coefficient (Wildman–Crippen LogP) is 2.96. The molecule has 6 heteroatoms. The maximum atomic E-state index is 12.5. The summed E-state index contributed by atoms with van der Waals surface area (Å²) in [6, 6.07) is 6.08. The quantitative estimate of drug-likeness (QED) is 0.909. The molecular formula is C16H16N2O3S. The zero-order valence-electron chi connectivity index (χ0n) is 12.1. The Bertz CT molecular complexity index is 734. The summed E-state index contributed by atoms with van der Waals surface area (Å²) in [7, 11) is 0. The van der Waals surface area contributed by atoms with Crippen molar-refractivity contribution in [2.45, 2.75) is 31.7 Å². The highest BCUT2D eigenvalue weighted by molar-refractivity contribution is 7.09. The van der Waals surface area contributed by atoms with Gasteiger partial charge in [-0.2, -0.15) is 0 Å². The number of carboxylic acids is 1. The minimum Gasteiger partial charge on any atom is -0.478 e. The Labute approximate surface area is 132 Å². The van der Waals surface area contributed by atoms with Crippen molar-refractivity contribution in [3.05, 3.63) is 51.5 Å². The number of thiazole rings is 1. The molecule has 1 amide bonds. The van der Waals surface area contributed by atoms with Crippen molar-refractivity contribution in [2.24, 2.45) is 0 Å². The second kappa shape index (κ2) is 5.53. The van der Waals surface area contributed by atoms with Gasteiger partial charge in [-0.25, -0.2) is 9.78 Å². The Morgan fingerprint density at radius 3 is 2.59 bits per heavy atom. The SMILES string of the molecule is Cc1csc(C2(NC(=O)c3cccc(C(=O)O)c3)CCC2)n1. The van der Waals surface area contributed by atoms with Crippen LogP contribution in [0.4, 0.5) is 0 Å². The van der Waals surface area contributed by atoms with Gasteiger partial charge in [0.05, 0.1) is 11.1 Å². The molecule has 5 nitrogen and oxygen atoms in total. The van der Waals surface area contributed by atoms with E-state index >= 15 is 0 Å². The topological polar surface area (TPSA) is 79.3 Å². The van der Waals surface area contributed by atoms with E-state index in [1.54, 1.807) is 23.5 Å². The van der Waals surface area contributed by atoms with E-state index in [1.165, 1.54) is 12.1 Å². The van der Waals surface area contributed by atoms with E-state index < -0.39 is 11.5 Å². The highest BCUT2D eigenvalue weighted by Gasteiger charge is 2.42. The molecule has 1 heterocycles. The molecule has 1 aromatic carbocycles. The van der Waals surface area contributed by atoms with Crippen molar-refractivity contribution < 1.29 is 14.7 Å². The lowest BCUT2D eigenvalue weighted by Crippen LogP contribution is -2.50. The van der Waals surface area contributed by atoms with E-state index in [4.69, 9.17) is 5.11 Å². The maximum absolute atomic E-state index is 12.5. The minimum atomic E-state index is -1.04. The van der Waals surface area contributed by atoms with Gasteiger partial charge in [0.2, 0.25) is 0 Å². The fraction of sp³-hybridized carbons (Fsp3) is 0.312. The summed E-state index contributed by atoms with van der Waals surface area (Å²) in [6.07, 6.45) is 2.78. The second-order valence-corrected chi connectivity index (χ2v) is 6.43. The normalized spacial score (nSPS) is 15.9. The van der Waals surface area contributed by atoms with Crippen LogP contribution >= 0.6 is 11.3 Å². The van der Waals surface area contributed by atoms with Gasteiger partial charge in [-0.1, -0.05) is 6.07 Å². The summed E-state index contributed by atoms with van der Waals surface area (Å²) in [5.41, 5.74) is 1.03. The van der Waals surface area contributed by atoms with Gasteiger partial charge in [-0.3, -0.25) is 4.79 Å². The molecule has 1 saturated carbocycles. The zero-order chi connectivity index (χ0) is 15.7. The smallest absolute Gasteiger partial charge is 0.335 e. The van der Waals surface area contributed by atoms with Crippen molar-refractivity contribution in [3.63, 3.8) is 0 Å². The Balaban J connectivity index is 1.84. The van der Waals surface area contributed by atoms with Crippen molar-refractivity contribution in [3.8, 4) is 0 Å². The molecule has 1 aliphatic carbocycles. The van der Waals surface area contributed by atoms with E-state index in [-0.39, 0.29) is 11.5 Å². The van der Waals surface area contributed by atoms with Crippen LogP contribution in [-0.2, 0) is 5.54 Å². The molecule has 0 radical (unpaired) electrons. The summed E-state index contributed by atoms with van der Waals surface area (Å²) in [6.45, 7) is 1.94. The Hall–Kier alpha value is -2.21. The average Bonchev–Trinajstić information content (AvgIpc) is 2.89. The highest BCUT2D eigenvalue weighted by Crippen LogP contribution is 2.42. The molecule has 3 rings (SSSR count). The largest absolute Gasteiger partial charge is 0.478 e. The van der Waals surface area contributed by atoms with Crippen molar-refractivity contribution >= 4 is 23.2 Å². The lowest BCUT2D eigenvalue weighted by Gasteiger charge is -2.40. The van der Waals surface area contributed by atoms with Crippen LogP contribution in [0.15, 0.2) is 29.6 Å². The number of carboxylic acid groups (broad SMARTS) is 1. The van der Waals surface area contributed by atoms with E-state index in [9.17, 15) is 9.59 Å². The molecular weight excluding hydrogens is 300 g/mol. The van der Waals surface area contributed by atoms with Gasteiger partial charge in [0.25, 0.3) is 5.91 Å². The molecule has 0 bridgehead atoms. The Kier molecular flexibility index (Phi) is 3.70. The maximum Gasteiger partial charge on any atom is 0.335 e. The van der Waals surface area contributed by atoms with Crippen LogP contribution in [0.5, 0.6) is 0 Å². The van der Waals surface area contributed by atoms with Gasteiger partial charge in [0.15, 0.2) is 0 Å². The molecule has 1 aliphatic rings. The number of rotatable bonds is 4. The summed E-state index contributed by atoms with van der Waals surface area (Å²) in [5.74, 6) is -1.29. The first kappa shape index (κ1) is 14.7. The fourth-order valence-electron chi connectivity index (χ4n) is 2.58. The minimum absolute atomic E-state index is 0.111. The van der Waals surface area contributed by atoms with Crippen LogP contribution in [-0.4, -0.2) is 22.0 Å². The third-order valence-electron chi connectivity index (χ3n) is 3.96. The number of nitrogens with zero attached hydrogens (tertiary/aromatic N) is 1. The van der Waals surface area contributed by atoms with Gasteiger partial charge in [-0.05, 0) is 44.4 Å². The van der Waals surface area contributed by atoms with Gasteiger partial charge >= 0.3 is 5.97 Å². The number of aryl methyl sites for hydroxylation is 1.